The number of hydrogen-bond donors (Lipinski definition) is 2. The number of unbranched alkanes of at least 4 members (excludes halogenated alkanes) is 2. The Morgan fingerprint density at radius 3 is 1.59 bits per heavy atom. The van der Waals surface area contributed by atoms with E-state index in [0.29, 0.717) is 50.4 Å². The molecule has 0 fully saturated rings. The van der Waals surface area contributed by atoms with E-state index in [1.165, 1.54) is 12.4 Å². The van der Waals surface area contributed by atoms with E-state index in [0.717, 1.165) is 26.5 Å². The number of carbonyl (C=O) groups excluding carboxylic acids is 2. The summed E-state index contributed by atoms with van der Waals surface area (Å²) in [5, 5.41) is 8.03. The fourth-order valence-corrected chi connectivity index (χ4v) is 3.77. The van der Waals surface area contributed by atoms with E-state index in [1.807, 2.05) is 36.4 Å². The smallest absolute Gasteiger partial charge is 0.240 e. The van der Waals surface area contributed by atoms with Gasteiger partial charge < -0.3 is 9.47 Å². The largest absolute Gasteiger partial charge is 0.489 e. The zero-order valence-corrected chi connectivity index (χ0v) is 23.6. The average Bonchev–Trinajstić information content (AvgIpc) is 2.87. The molecular formula is C27H30Br2N4O4. The molecule has 0 saturated heterocycles. The lowest BCUT2D eigenvalue weighted by Gasteiger charge is -2.07. The lowest BCUT2D eigenvalue weighted by Crippen LogP contribution is -2.18. The van der Waals surface area contributed by atoms with Gasteiger partial charge in [0.15, 0.2) is 0 Å². The topological polar surface area (TPSA) is 101 Å². The van der Waals surface area contributed by atoms with E-state index in [9.17, 15) is 9.59 Å². The van der Waals surface area contributed by atoms with Crippen LogP contribution >= 0.6 is 31.9 Å². The third-order valence-corrected chi connectivity index (χ3v) is 5.74. The molecule has 2 N–H and O–H groups in total. The van der Waals surface area contributed by atoms with Gasteiger partial charge in [0.2, 0.25) is 11.8 Å². The minimum atomic E-state index is -0.197. The van der Waals surface area contributed by atoms with Gasteiger partial charge in [0.05, 0.1) is 12.4 Å². The Morgan fingerprint density at radius 2 is 1.19 bits per heavy atom. The predicted molar refractivity (Wildman–Crippen MR) is 154 cm³/mol. The maximum atomic E-state index is 12.1. The average molecular weight is 634 g/mol. The molecule has 0 atom stereocenters. The van der Waals surface area contributed by atoms with Crippen LogP contribution in [0.3, 0.4) is 0 Å². The second-order valence-corrected chi connectivity index (χ2v) is 9.54. The minimum Gasteiger partial charge on any atom is -0.489 e. The van der Waals surface area contributed by atoms with Crippen molar-refractivity contribution < 1.29 is 19.1 Å². The van der Waals surface area contributed by atoms with Crippen molar-refractivity contribution in [3.63, 3.8) is 0 Å². The third kappa shape index (κ3) is 12.0. The summed E-state index contributed by atoms with van der Waals surface area (Å²) < 4.78 is 12.9. The quantitative estimate of drug-likeness (QED) is 0.104. The van der Waals surface area contributed by atoms with Gasteiger partial charge in [0, 0.05) is 32.9 Å². The summed E-state index contributed by atoms with van der Waals surface area (Å²) in [6, 6.07) is 11.0. The summed E-state index contributed by atoms with van der Waals surface area (Å²) in [5.41, 5.74) is 6.50. The molecular weight excluding hydrogens is 604 g/mol. The van der Waals surface area contributed by atoms with Gasteiger partial charge in [-0.05, 0) is 49.2 Å². The fraction of sp³-hybridized carbons (Fsp3) is 0.259. The van der Waals surface area contributed by atoms with E-state index in [4.69, 9.17) is 9.47 Å². The van der Waals surface area contributed by atoms with E-state index in [2.05, 4.69) is 66.1 Å². The molecule has 8 nitrogen and oxygen atoms in total. The summed E-state index contributed by atoms with van der Waals surface area (Å²) in [5.74, 6) is 0.887. The molecule has 0 bridgehead atoms. The Hall–Kier alpha value is -3.24. The van der Waals surface area contributed by atoms with Gasteiger partial charge in [0.25, 0.3) is 0 Å². The molecule has 0 saturated carbocycles. The maximum Gasteiger partial charge on any atom is 0.240 e. The number of nitrogens with zero attached hydrogens (tertiary/aromatic N) is 2. The van der Waals surface area contributed by atoms with Crippen LogP contribution in [0, 0.1) is 0 Å². The first-order valence-electron chi connectivity index (χ1n) is 11.6. The zero-order chi connectivity index (χ0) is 26.9. The van der Waals surface area contributed by atoms with Gasteiger partial charge in [-0.3, -0.25) is 9.59 Å². The number of hydrazone groups is 2. The molecule has 0 heterocycles. The van der Waals surface area contributed by atoms with Crippen LogP contribution in [0.15, 0.2) is 80.9 Å². The van der Waals surface area contributed by atoms with Crippen LogP contribution in [0.1, 0.15) is 43.2 Å². The standard InChI is InChI=1S/C27H30Br2N4O4/c1-3-14-36-24-12-10-22(28)16-20(24)18-30-32-26(34)8-6-5-7-9-27(35)33-31-19-21-17-23(29)11-13-25(21)37-15-4-2/h3-4,10-13,16-19H,1-2,5-9,14-15H2,(H,32,34)(H,33,35)/b30-18+,31-19+. The molecule has 0 aliphatic carbocycles. The summed E-state index contributed by atoms with van der Waals surface area (Å²) >= 11 is 6.82. The normalized spacial score (nSPS) is 10.9. The number of ether oxygens (including phenoxy) is 2. The van der Waals surface area contributed by atoms with Crippen molar-refractivity contribution in [1.82, 2.24) is 10.9 Å². The molecule has 0 aliphatic heterocycles. The van der Waals surface area contributed by atoms with E-state index in [-0.39, 0.29) is 11.8 Å². The molecule has 0 spiro atoms. The Kier molecular flexibility index (Phi) is 14.0. The van der Waals surface area contributed by atoms with Crippen molar-refractivity contribution in [2.75, 3.05) is 13.2 Å². The second kappa shape index (κ2) is 17.3. The summed E-state index contributed by atoms with van der Waals surface area (Å²) in [6.45, 7) is 8.02. The van der Waals surface area contributed by atoms with Crippen LogP contribution in [-0.4, -0.2) is 37.5 Å². The molecule has 0 aromatic heterocycles. The third-order valence-electron chi connectivity index (χ3n) is 4.75. The van der Waals surface area contributed by atoms with Crippen molar-refractivity contribution >= 4 is 56.1 Å². The van der Waals surface area contributed by atoms with Crippen molar-refractivity contribution in [2.45, 2.75) is 32.1 Å². The van der Waals surface area contributed by atoms with Crippen LogP contribution in [0.5, 0.6) is 11.5 Å². The number of benzene rings is 2. The Morgan fingerprint density at radius 1 is 0.757 bits per heavy atom. The zero-order valence-electron chi connectivity index (χ0n) is 20.4. The maximum absolute atomic E-state index is 12.1. The first-order valence-corrected chi connectivity index (χ1v) is 13.2. The van der Waals surface area contributed by atoms with Crippen molar-refractivity contribution in [3.8, 4) is 11.5 Å². The van der Waals surface area contributed by atoms with Crippen molar-refractivity contribution in [2.24, 2.45) is 10.2 Å². The number of halogens is 2. The molecule has 2 aromatic carbocycles. The summed E-state index contributed by atoms with van der Waals surface area (Å²) in [6.07, 6.45) is 9.02. The Bertz CT molecular complexity index is 1050. The van der Waals surface area contributed by atoms with Gasteiger partial charge in [-0.25, -0.2) is 10.9 Å². The molecule has 2 rings (SSSR count). The van der Waals surface area contributed by atoms with Gasteiger partial charge in [-0.15, -0.1) is 0 Å². The molecule has 37 heavy (non-hydrogen) atoms. The number of rotatable bonds is 16. The summed E-state index contributed by atoms with van der Waals surface area (Å²) in [4.78, 5) is 24.1. The highest BCUT2D eigenvalue weighted by molar-refractivity contribution is 9.10. The second-order valence-electron chi connectivity index (χ2n) is 7.71. The minimum absolute atomic E-state index is 0.197. The number of carbonyl (C=O) groups is 2. The first kappa shape index (κ1) is 30.0. The molecule has 10 heteroatoms. The SMILES string of the molecule is C=CCOc1ccc(Br)cc1/C=N/NC(=O)CCCCCC(=O)N/N=C/c1cc(Br)ccc1OCC=C. The summed E-state index contributed by atoms with van der Waals surface area (Å²) in [7, 11) is 0. The Balaban J connectivity index is 1.67. The van der Waals surface area contributed by atoms with Crippen molar-refractivity contribution in [3.05, 3.63) is 81.8 Å². The van der Waals surface area contributed by atoms with Gasteiger partial charge in [-0.2, -0.15) is 10.2 Å². The van der Waals surface area contributed by atoms with Gasteiger partial charge >= 0.3 is 0 Å². The predicted octanol–water partition coefficient (Wildman–Crippen LogP) is 5.89. The fourth-order valence-electron chi connectivity index (χ4n) is 3.01. The van der Waals surface area contributed by atoms with E-state index >= 15 is 0 Å². The van der Waals surface area contributed by atoms with Crippen LogP contribution in [0.25, 0.3) is 0 Å². The molecule has 2 aromatic rings. The Labute approximate surface area is 234 Å². The number of hydrogen-bond acceptors (Lipinski definition) is 6. The highest BCUT2D eigenvalue weighted by atomic mass is 79.9. The molecule has 2 amide bonds. The van der Waals surface area contributed by atoms with Crippen LogP contribution < -0.4 is 20.3 Å². The van der Waals surface area contributed by atoms with Crippen LogP contribution in [0.2, 0.25) is 0 Å². The molecule has 0 radical (unpaired) electrons. The monoisotopic (exact) mass is 632 g/mol. The van der Waals surface area contributed by atoms with Crippen LogP contribution in [-0.2, 0) is 9.59 Å². The van der Waals surface area contributed by atoms with Gasteiger partial charge in [0.1, 0.15) is 24.7 Å². The van der Waals surface area contributed by atoms with Crippen molar-refractivity contribution in [1.29, 1.82) is 0 Å². The van der Waals surface area contributed by atoms with Gasteiger partial charge in [-0.1, -0.05) is 63.6 Å². The molecule has 0 unspecified atom stereocenters. The van der Waals surface area contributed by atoms with Crippen LogP contribution in [0.4, 0.5) is 0 Å². The number of amides is 2. The molecule has 0 aliphatic rings. The molecule has 196 valence electrons. The lowest BCUT2D eigenvalue weighted by molar-refractivity contribution is -0.121. The van der Waals surface area contributed by atoms with E-state index in [1.54, 1.807) is 12.2 Å². The van der Waals surface area contributed by atoms with E-state index < -0.39 is 0 Å². The number of nitrogens with one attached hydrogen (secondary N) is 2. The first-order chi connectivity index (χ1) is 17.9. The lowest BCUT2D eigenvalue weighted by atomic mass is 10.1. The highest BCUT2D eigenvalue weighted by Gasteiger charge is 2.05. The highest BCUT2D eigenvalue weighted by Crippen LogP contribution is 2.22.